The third kappa shape index (κ3) is 3.16. The third-order valence-electron chi connectivity index (χ3n) is 3.47. The van der Waals surface area contributed by atoms with Crippen LogP contribution in [-0.2, 0) is 6.54 Å². The first-order valence-electron chi connectivity index (χ1n) is 6.69. The van der Waals surface area contributed by atoms with Crippen LogP contribution in [0.2, 0.25) is 0 Å². The van der Waals surface area contributed by atoms with E-state index in [1.165, 1.54) is 0 Å². The number of aliphatic hydroxyl groups excluding tert-OH is 1. The van der Waals surface area contributed by atoms with Crippen molar-refractivity contribution in [2.45, 2.75) is 59.0 Å². The van der Waals surface area contributed by atoms with E-state index in [0.29, 0.717) is 12.1 Å². The number of nitrogens with one attached hydrogen (secondary N) is 1. The standard InChI is InChI=1S/C13H26N4O/c1-5-8-17-12(11(14)10(3)16-17)15-13(4,6-2)7-9-18/h15,18H,5-9,14H2,1-4H3. The fraction of sp³-hybridized carbons (Fsp3) is 0.769. The van der Waals surface area contributed by atoms with E-state index in [9.17, 15) is 0 Å². The summed E-state index contributed by atoms with van der Waals surface area (Å²) in [5, 5.41) is 17.1. The van der Waals surface area contributed by atoms with Crippen LogP contribution in [0.25, 0.3) is 0 Å². The van der Waals surface area contributed by atoms with Gasteiger partial charge in [-0.15, -0.1) is 0 Å². The molecule has 0 saturated carbocycles. The predicted octanol–water partition coefficient (Wildman–Crippen LogP) is 2.15. The summed E-state index contributed by atoms with van der Waals surface area (Å²) >= 11 is 0. The molecule has 0 aliphatic carbocycles. The van der Waals surface area contributed by atoms with Crippen molar-refractivity contribution in [2.75, 3.05) is 17.7 Å². The van der Waals surface area contributed by atoms with Gasteiger partial charge >= 0.3 is 0 Å². The van der Waals surface area contributed by atoms with Crippen molar-refractivity contribution in [1.82, 2.24) is 9.78 Å². The predicted molar refractivity (Wildman–Crippen MR) is 75.7 cm³/mol. The van der Waals surface area contributed by atoms with E-state index >= 15 is 0 Å². The molecular formula is C13H26N4O. The first-order valence-corrected chi connectivity index (χ1v) is 6.69. The summed E-state index contributed by atoms with van der Waals surface area (Å²) in [6.07, 6.45) is 2.63. The molecule has 0 aliphatic rings. The molecule has 5 heteroatoms. The fourth-order valence-corrected chi connectivity index (χ4v) is 1.96. The molecule has 0 spiro atoms. The van der Waals surface area contributed by atoms with Gasteiger partial charge in [0.2, 0.25) is 0 Å². The van der Waals surface area contributed by atoms with Gasteiger partial charge in [-0.2, -0.15) is 5.10 Å². The quantitative estimate of drug-likeness (QED) is 0.697. The van der Waals surface area contributed by atoms with Crippen molar-refractivity contribution in [2.24, 2.45) is 0 Å². The molecule has 104 valence electrons. The average Bonchev–Trinajstić information content (AvgIpc) is 2.58. The second-order valence-corrected chi connectivity index (χ2v) is 5.08. The van der Waals surface area contributed by atoms with Gasteiger partial charge < -0.3 is 16.2 Å². The Morgan fingerprint density at radius 2 is 2.11 bits per heavy atom. The number of nitrogen functional groups attached to an aromatic ring is 1. The highest BCUT2D eigenvalue weighted by atomic mass is 16.3. The molecule has 5 nitrogen and oxygen atoms in total. The average molecular weight is 254 g/mol. The highest BCUT2D eigenvalue weighted by Gasteiger charge is 2.24. The number of hydrogen-bond donors (Lipinski definition) is 3. The molecule has 1 heterocycles. The van der Waals surface area contributed by atoms with Crippen LogP contribution < -0.4 is 11.1 Å². The van der Waals surface area contributed by atoms with E-state index in [2.05, 4.69) is 31.2 Å². The van der Waals surface area contributed by atoms with Gasteiger partial charge in [0.25, 0.3) is 0 Å². The first kappa shape index (κ1) is 14.8. The fourth-order valence-electron chi connectivity index (χ4n) is 1.96. The van der Waals surface area contributed by atoms with E-state index < -0.39 is 0 Å². The van der Waals surface area contributed by atoms with Gasteiger partial charge in [0.05, 0.1) is 11.4 Å². The van der Waals surface area contributed by atoms with Crippen molar-refractivity contribution in [3.05, 3.63) is 5.69 Å². The molecule has 1 unspecified atom stereocenters. The van der Waals surface area contributed by atoms with Gasteiger partial charge in [-0.3, -0.25) is 0 Å². The molecule has 0 amide bonds. The maximum atomic E-state index is 9.16. The molecule has 0 saturated heterocycles. The summed E-state index contributed by atoms with van der Waals surface area (Å²) in [6, 6.07) is 0. The minimum Gasteiger partial charge on any atom is -0.396 e. The number of anilines is 2. The van der Waals surface area contributed by atoms with Crippen molar-refractivity contribution in [3.8, 4) is 0 Å². The summed E-state index contributed by atoms with van der Waals surface area (Å²) < 4.78 is 1.93. The highest BCUT2D eigenvalue weighted by Crippen LogP contribution is 2.28. The lowest BCUT2D eigenvalue weighted by atomic mass is 9.95. The normalized spacial score (nSPS) is 14.5. The first-order chi connectivity index (χ1) is 8.47. The maximum absolute atomic E-state index is 9.16. The largest absolute Gasteiger partial charge is 0.396 e. The SMILES string of the molecule is CCCn1nc(C)c(N)c1NC(C)(CC)CCO. The zero-order valence-corrected chi connectivity index (χ0v) is 12.0. The minimum absolute atomic E-state index is 0.152. The van der Waals surface area contributed by atoms with Crippen LogP contribution in [0, 0.1) is 6.92 Å². The van der Waals surface area contributed by atoms with Crippen LogP contribution in [0.5, 0.6) is 0 Å². The Hall–Kier alpha value is -1.23. The van der Waals surface area contributed by atoms with Crippen LogP contribution in [0.3, 0.4) is 0 Å². The zero-order chi connectivity index (χ0) is 13.8. The lowest BCUT2D eigenvalue weighted by Gasteiger charge is -2.30. The van der Waals surface area contributed by atoms with Crippen LogP contribution >= 0.6 is 0 Å². The summed E-state index contributed by atoms with van der Waals surface area (Å²) in [4.78, 5) is 0. The molecule has 0 aliphatic heterocycles. The van der Waals surface area contributed by atoms with Gasteiger partial charge in [-0.1, -0.05) is 13.8 Å². The van der Waals surface area contributed by atoms with Crippen molar-refractivity contribution < 1.29 is 5.11 Å². The summed E-state index contributed by atoms with van der Waals surface area (Å²) in [5.41, 5.74) is 7.50. The molecule has 18 heavy (non-hydrogen) atoms. The van der Waals surface area contributed by atoms with Crippen LogP contribution in [0.4, 0.5) is 11.5 Å². The molecule has 1 rings (SSSR count). The van der Waals surface area contributed by atoms with Gasteiger partial charge in [0, 0.05) is 18.7 Å². The Balaban J connectivity index is 3.00. The van der Waals surface area contributed by atoms with Crippen LogP contribution in [0.15, 0.2) is 0 Å². The monoisotopic (exact) mass is 254 g/mol. The van der Waals surface area contributed by atoms with Gasteiger partial charge in [-0.05, 0) is 33.1 Å². The van der Waals surface area contributed by atoms with Gasteiger partial charge in [0.1, 0.15) is 5.82 Å². The van der Waals surface area contributed by atoms with E-state index in [1.807, 2.05) is 11.6 Å². The molecule has 0 bridgehead atoms. The summed E-state index contributed by atoms with van der Waals surface area (Å²) in [7, 11) is 0. The van der Waals surface area contributed by atoms with Crippen molar-refractivity contribution in [1.29, 1.82) is 0 Å². The topological polar surface area (TPSA) is 76.1 Å². The molecule has 0 aromatic carbocycles. The zero-order valence-electron chi connectivity index (χ0n) is 12.0. The Labute approximate surface area is 109 Å². The molecular weight excluding hydrogens is 228 g/mol. The lowest BCUT2D eigenvalue weighted by Crippen LogP contribution is -2.36. The number of nitrogens with two attached hydrogens (primary N) is 1. The molecule has 4 N–H and O–H groups in total. The molecule has 1 aromatic rings. The Morgan fingerprint density at radius 1 is 1.44 bits per heavy atom. The van der Waals surface area contributed by atoms with Crippen LogP contribution in [-0.4, -0.2) is 27.0 Å². The van der Waals surface area contributed by atoms with Gasteiger partial charge in [-0.25, -0.2) is 4.68 Å². The maximum Gasteiger partial charge on any atom is 0.148 e. The molecule has 1 atom stereocenters. The molecule has 1 aromatic heterocycles. The Kier molecular flexibility index (Phi) is 5.02. The lowest BCUT2D eigenvalue weighted by molar-refractivity contribution is 0.251. The number of aliphatic hydroxyl groups is 1. The summed E-state index contributed by atoms with van der Waals surface area (Å²) in [5.74, 6) is 0.882. The highest BCUT2D eigenvalue weighted by molar-refractivity contribution is 5.65. The van der Waals surface area contributed by atoms with Crippen molar-refractivity contribution >= 4 is 11.5 Å². The van der Waals surface area contributed by atoms with E-state index in [0.717, 1.165) is 30.9 Å². The third-order valence-corrected chi connectivity index (χ3v) is 3.47. The van der Waals surface area contributed by atoms with Crippen molar-refractivity contribution in [3.63, 3.8) is 0 Å². The Morgan fingerprint density at radius 3 is 2.61 bits per heavy atom. The minimum atomic E-state index is -0.152. The van der Waals surface area contributed by atoms with Gasteiger partial charge in [0.15, 0.2) is 0 Å². The number of aromatic nitrogens is 2. The number of aryl methyl sites for hydroxylation is 2. The number of hydrogen-bond acceptors (Lipinski definition) is 4. The van der Waals surface area contributed by atoms with E-state index in [4.69, 9.17) is 10.8 Å². The second kappa shape index (κ2) is 6.09. The summed E-state index contributed by atoms with van der Waals surface area (Å²) in [6.45, 7) is 9.25. The number of nitrogens with zero attached hydrogens (tertiary/aromatic N) is 2. The van der Waals surface area contributed by atoms with E-state index in [-0.39, 0.29) is 12.1 Å². The van der Waals surface area contributed by atoms with E-state index in [1.54, 1.807) is 0 Å². The smallest absolute Gasteiger partial charge is 0.148 e. The Bertz CT molecular complexity index is 389. The molecule has 0 radical (unpaired) electrons. The second-order valence-electron chi connectivity index (χ2n) is 5.08. The number of rotatable bonds is 7. The van der Waals surface area contributed by atoms with Crippen LogP contribution in [0.1, 0.15) is 45.7 Å². The molecule has 0 fully saturated rings.